The van der Waals surface area contributed by atoms with Gasteiger partial charge in [-0.1, -0.05) is 15.9 Å². The molecular formula is C12H19BrClNS. The Kier molecular flexibility index (Phi) is 2.87. The van der Waals surface area contributed by atoms with E-state index in [0.29, 0.717) is 9.20 Å². The Morgan fingerprint density at radius 2 is 1.81 bits per heavy atom. The molecule has 1 heterocycles. The predicted molar refractivity (Wildman–Crippen MR) is 75.7 cm³/mol. The number of thioether (sulfide) groups is 1. The van der Waals surface area contributed by atoms with Gasteiger partial charge >= 0.3 is 0 Å². The van der Waals surface area contributed by atoms with E-state index in [4.69, 9.17) is 0 Å². The summed E-state index contributed by atoms with van der Waals surface area (Å²) < 4.78 is 0.541. The number of hydrogen-bond donors (Lipinski definition) is 1. The molecule has 5 rings (SSSR count). The Bertz CT molecular complexity index is 287. The molecule has 0 aromatic carbocycles. The van der Waals surface area contributed by atoms with Gasteiger partial charge in [0.2, 0.25) is 0 Å². The van der Waals surface area contributed by atoms with Gasteiger partial charge < -0.3 is 5.32 Å². The topological polar surface area (TPSA) is 12.0 Å². The van der Waals surface area contributed by atoms with Crippen molar-refractivity contribution in [3.8, 4) is 0 Å². The molecule has 4 saturated carbocycles. The van der Waals surface area contributed by atoms with Crippen LogP contribution >= 0.6 is 40.1 Å². The minimum Gasteiger partial charge on any atom is -0.302 e. The van der Waals surface area contributed by atoms with E-state index in [1.54, 1.807) is 0 Å². The molecule has 4 bridgehead atoms. The smallest absolute Gasteiger partial charge is 0.0704 e. The van der Waals surface area contributed by atoms with Gasteiger partial charge in [-0.25, -0.2) is 0 Å². The summed E-state index contributed by atoms with van der Waals surface area (Å²) >= 11 is 6.30. The van der Waals surface area contributed by atoms with E-state index in [2.05, 4.69) is 33.0 Å². The lowest BCUT2D eigenvalue weighted by molar-refractivity contribution is -0.00811. The molecule has 2 unspecified atom stereocenters. The molecule has 16 heavy (non-hydrogen) atoms. The fraction of sp³-hybridized carbons (Fsp3) is 1.00. The SMILES string of the molecule is BrC12CC3CC(C1)C1(NCCS1)C(C3)C2.Cl. The number of nitrogens with one attached hydrogen (secondary N) is 1. The van der Waals surface area contributed by atoms with E-state index < -0.39 is 0 Å². The van der Waals surface area contributed by atoms with Crippen LogP contribution in [0.3, 0.4) is 0 Å². The van der Waals surface area contributed by atoms with Crippen molar-refractivity contribution >= 4 is 40.1 Å². The van der Waals surface area contributed by atoms with Crippen LogP contribution in [0, 0.1) is 17.8 Å². The molecule has 1 nitrogen and oxygen atoms in total. The summed E-state index contributed by atoms with van der Waals surface area (Å²) in [7, 11) is 0. The molecule has 1 aliphatic heterocycles. The minimum atomic E-state index is 0. The highest BCUT2D eigenvalue weighted by Crippen LogP contribution is 2.66. The van der Waals surface area contributed by atoms with Crippen molar-refractivity contribution in [3.63, 3.8) is 0 Å². The zero-order chi connectivity index (χ0) is 10.1. The molecule has 1 saturated heterocycles. The zero-order valence-electron chi connectivity index (χ0n) is 9.38. The summed E-state index contributed by atoms with van der Waals surface area (Å²) in [6.07, 6.45) is 7.33. The highest BCUT2D eigenvalue weighted by Gasteiger charge is 2.62. The maximum atomic E-state index is 4.05. The van der Waals surface area contributed by atoms with Crippen molar-refractivity contribution in [1.82, 2.24) is 5.32 Å². The second kappa shape index (κ2) is 3.79. The highest BCUT2D eigenvalue weighted by molar-refractivity contribution is 9.10. The van der Waals surface area contributed by atoms with Crippen molar-refractivity contribution in [2.75, 3.05) is 12.3 Å². The van der Waals surface area contributed by atoms with Crippen LogP contribution in [0.1, 0.15) is 32.1 Å². The lowest BCUT2D eigenvalue weighted by Gasteiger charge is -2.62. The summed E-state index contributed by atoms with van der Waals surface area (Å²) in [6.45, 7) is 1.25. The molecular weight excluding hydrogens is 306 g/mol. The van der Waals surface area contributed by atoms with Crippen molar-refractivity contribution in [2.45, 2.75) is 41.3 Å². The fourth-order valence-electron chi connectivity index (χ4n) is 4.91. The van der Waals surface area contributed by atoms with Crippen LogP contribution in [0.5, 0.6) is 0 Å². The normalized spacial score (nSPS) is 57.9. The summed E-state index contributed by atoms with van der Waals surface area (Å²) in [4.78, 5) is 0.508. The first-order valence-electron chi connectivity index (χ1n) is 6.28. The second-order valence-electron chi connectivity index (χ2n) is 6.06. The van der Waals surface area contributed by atoms with Crippen LogP contribution in [0.15, 0.2) is 0 Å². The summed E-state index contributed by atoms with van der Waals surface area (Å²) in [5.41, 5.74) is 0. The largest absolute Gasteiger partial charge is 0.302 e. The molecule has 0 aromatic rings. The Labute approximate surface area is 116 Å². The van der Waals surface area contributed by atoms with E-state index in [-0.39, 0.29) is 12.4 Å². The molecule has 2 atom stereocenters. The van der Waals surface area contributed by atoms with Gasteiger partial charge in [-0.15, -0.1) is 24.2 Å². The maximum Gasteiger partial charge on any atom is 0.0704 e. The lowest BCUT2D eigenvalue weighted by Crippen LogP contribution is -2.64. The van der Waals surface area contributed by atoms with Crippen LogP contribution in [-0.2, 0) is 0 Å². The Morgan fingerprint density at radius 1 is 1.12 bits per heavy atom. The average Bonchev–Trinajstić information content (AvgIpc) is 2.61. The first-order chi connectivity index (χ1) is 7.20. The third-order valence-electron chi connectivity index (χ3n) is 5.17. The fourth-order valence-corrected chi connectivity index (χ4v) is 7.73. The lowest BCUT2D eigenvalue weighted by atomic mass is 9.53. The van der Waals surface area contributed by atoms with Crippen molar-refractivity contribution in [2.24, 2.45) is 17.8 Å². The number of alkyl halides is 1. The second-order valence-corrected chi connectivity index (χ2v) is 9.12. The summed E-state index contributed by atoms with van der Waals surface area (Å²) in [5, 5.41) is 3.87. The van der Waals surface area contributed by atoms with Crippen LogP contribution in [0.2, 0.25) is 0 Å². The van der Waals surface area contributed by atoms with Gasteiger partial charge in [-0.2, -0.15) is 0 Å². The van der Waals surface area contributed by atoms with Gasteiger partial charge in [0.15, 0.2) is 0 Å². The van der Waals surface area contributed by atoms with Gasteiger partial charge in [-0.05, 0) is 49.9 Å². The average molecular weight is 325 g/mol. The summed E-state index contributed by atoms with van der Waals surface area (Å²) in [6, 6.07) is 0. The van der Waals surface area contributed by atoms with E-state index in [1.165, 1.54) is 44.4 Å². The van der Waals surface area contributed by atoms with Gasteiger partial charge in [0.25, 0.3) is 0 Å². The molecule has 1 N–H and O–H groups in total. The quantitative estimate of drug-likeness (QED) is 0.685. The number of halogens is 2. The Morgan fingerprint density at radius 3 is 2.31 bits per heavy atom. The maximum absolute atomic E-state index is 4.05. The van der Waals surface area contributed by atoms with E-state index in [1.807, 2.05) is 0 Å². The van der Waals surface area contributed by atoms with Crippen molar-refractivity contribution < 1.29 is 0 Å². The van der Waals surface area contributed by atoms with Gasteiger partial charge in [0.05, 0.1) is 4.87 Å². The van der Waals surface area contributed by atoms with E-state index in [9.17, 15) is 0 Å². The third-order valence-corrected chi connectivity index (χ3v) is 7.84. The molecule has 0 amide bonds. The standard InChI is InChI=1S/C12H18BrNS.ClH/c13-11-5-8-3-9(6-11)12(10(4-8)7-11)14-1-2-15-12;/h8-10,14H,1-7H2;1H. The minimum absolute atomic E-state index is 0. The van der Waals surface area contributed by atoms with E-state index in [0.717, 1.165) is 17.8 Å². The number of rotatable bonds is 0. The van der Waals surface area contributed by atoms with Crippen LogP contribution in [-0.4, -0.2) is 21.5 Å². The molecule has 5 fully saturated rings. The monoisotopic (exact) mass is 323 g/mol. The van der Waals surface area contributed by atoms with Crippen LogP contribution in [0.4, 0.5) is 0 Å². The van der Waals surface area contributed by atoms with E-state index >= 15 is 0 Å². The molecule has 4 heteroatoms. The Balaban J connectivity index is 0.000000810. The molecule has 1 spiro atoms. The van der Waals surface area contributed by atoms with Crippen LogP contribution in [0.25, 0.3) is 0 Å². The van der Waals surface area contributed by atoms with Gasteiger partial charge in [0, 0.05) is 16.6 Å². The zero-order valence-corrected chi connectivity index (χ0v) is 12.6. The molecule has 0 radical (unpaired) electrons. The highest BCUT2D eigenvalue weighted by atomic mass is 79.9. The first-order valence-corrected chi connectivity index (χ1v) is 8.06. The first kappa shape index (κ1) is 12.1. The molecule has 0 aromatic heterocycles. The van der Waals surface area contributed by atoms with Crippen molar-refractivity contribution in [3.05, 3.63) is 0 Å². The predicted octanol–water partition coefficient (Wildman–Crippen LogP) is 3.41. The third kappa shape index (κ3) is 1.47. The van der Waals surface area contributed by atoms with Gasteiger partial charge in [0.1, 0.15) is 0 Å². The molecule has 4 aliphatic carbocycles. The molecule has 92 valence electrons. The van der Waals surface area contributed by atoms with Gasteiger partial charge in [-0.3, -0.25) is 0 Å². The van der Waals surface area contributed by atoms with Crippen molar-refractivity contribution in [1.29, 1.82) is 0 Å². The van der Waals surface area contributed by atoms with Crippen LogP contribution < -0.4 is 5.32 Å². The number of hydrogen-bond acceptors (Lipinski definition) is 2. The molecule has 5 aliphatic rings. The Hall–Kier alpha value is 1.08. The summed E-state index contributed by atoms with van der Waals surface area (Å²) in [5.74, 6) is 4.29.